The molecule has 1 aromatic carbocycles. The Labute approximate surface area is 101 Å². The summed E-state index contributed by atoms with van der Waals surface area (Å²) in [6, 6.07) is 7.96. The van der Waals surface area contributed by atoms with Crippen LogP contribution in [0.5, 0.6) is 5.75 Å². The maximum atomic E-state index is 11.1. The number of methoxy groups -OCH3 is 2. The van der Waals surface area contributed by atoms with Gasteiger partial charge in [0.25, 0.3) is 0 Å². The molecular weight excluding hydrogens is 218 g/mol. The molecule has 0 aromatic heterocycles. The van der Waals surface area contributed by atoms with Crippen molar-refractivity contribution in [2.45, 2.75) is 18.3 Å². The zero-order valence-corrected chi connectivity index (χ0v) is 10.2. The fourth-order valence-corrected chi connectivity index (χ4v) is 2.09. The first-order valence-corrected chi connectivity index (χ1v) is 5.67. The lowest BCUT2D eigenvalue weighted by atomic mass is 9.95. The van der Waals surface area contributed by atoms with Gasteiger partial charge in [-0.15, -0.1) is 0 Å². The first-order valence-electron chi connectivity index (χ1n) is 5.67. The molecule has 1 aliphatic carbocycles. The van der Waals surface area contributed by atoms with E-state index in [9.17, 15) is 4.79 Å². The number of para-hydroxylation sites is 1. The quantitative estimate of drug-likeness (QED) is 0.869. The van der Waals surface area contributed by atoms with Gasteiger partial charge in [-0.3, -0.25) is 0 Å². The summed E-state index contributed by atoms with van der Waals surface area (Å²) in [4.78, 5) is 11.1. The molecule has 4 nitrogen and oxygen atoms in total. The maximum Gasteiger partial charge on any atom is 0.406 e. The number of hydrogen-bond donors (Lipinski definition) is 1. The third-order valence-electron chi connectivity index (χ3n) is 3.29. The van der Waals surface area contributed by atoms with Gasteiger partial charge in [0.15, 0.2) is 0 Å². The van der Waals surface area contributed by atoms with Crippen LogP contribution in [-0.4, -0.2) is 26.9 Å². The molecule has 0 heterocycles. The van der Waals surface area contributed by atoms with Gasteiger partial charge in [-0.1, -0.05) is 18.2 Å². The first kappa shape index (κ1) is 11.8. The van der Waals surface area contributed by atoms with Gasteiger partial charge in [-0.25, -0.2) is 4.79 Å². The van der Waals surface area contributed by atoms with Gasteiger partial charge in [-0.2, -0.15) is 0 Å². The van der Waals surface area contributed by atoms with Crippen LogP contribution >= 0.6 is 0 Å². The second-order valence-corrected chi connectivity index (χ2v) is 4.33. The second kappa shape index (κ2) is 4.65. The Balaban J connectivity index is 2.12. The average Bonchev–Trinajstić information content (AvgIpc) is 3.17. The molecule has 0 aliphatic heterocycles. The molecular formula is C13H17NO3. The van der Waals surface area contributed by atoms with Crippen LogP contribution in [-0.2, 0) is 10.2 Å². The third kappa shape index (κ3) is 2.35. The average molecular weight is 235 g/mol. The Hall–Kier alpha value is -1.71. The lowest BCUT2D eigenvalue weighted by Gasteiger charge is -2.18. The minimum atomic E-state index is -0.383. The van der Waals surface area contributed by atoms with Crippen LogP contribution in [0.15, 0.2) is 24.3 Å². The number of alkyl carbamates (subject to hydrolysis) is 1. The van der Waals surface area contributed by atoms with Crippen LogP contribution in [0, 0.1) is 0 Å². The zero-order valence-electron chi connectivity index (χ0n) is 10.2. The van der Waals surface area contributed by atoms with Crippen molar-refractivity contribution in [1.82, 2.24) is 5.32 Å². The Bertz CT molecular complexity index is 413. The number of hydrogen-bond acceptors (Lipinski definition) is 3. The van der Waals surface area contributed by atoms with Crippen molar-refractivity contribution in [3.63, 3.8) is 0 Å². The lowest BCUT2D eigenvalue weighted by molar-refractivity contribution is 0.170. The fraction of sp³-hybridized carbons (Fsp3) is 0.462. The highest BCUT2D eigenvalue weighted by Crippen LogP contribution is 2.50. The predicted molar refractivity (Wildman–Crippen MR) is 64.3 cm³/mol. The third-order valence-corrected chi connectivity index (χ3v) is 3.29. The van der Waals surface area contributed by atoms with E-state index >= 15 is 0 Å². The standard InChI is InChI=1S/C13H17NO3/c1-16-11-6-4-3-5-10(11)13(7-8-13)9-14-12(15)17-2/h3-6H,7-9H2,1-2H3,(H,14,15). The highest BCUT2D eigenvalue weighted by molar-refractivity contribution is 5.67. The zero-order chi connectivity index (χ0) is 12.3. The van der Waals surface area contributed by atoms with E-state index in [0.29, 0.717) is 6.54 Å². The highest BCUT2D eigenvalue weighted by atomic mass is 16.5. The van der Waals surface area contributed by atoms with Gasteiger partial charge in [0.2, 0.25) is 0 Å². The molecule has 1 N–H and O–H groups in total. The Morgan fingerprint density at radius 1 is 1.35 bits per heavy atom. The van der Waals surface area contributed by atoms with Crippen LogP contribution in [0.4, 0.5) is 4.79 Å². The molecule has 0 atom stereocenters. The van der Waals surface area contributed by atoms with Crippen molar-refractivity contribution in [2.24, 2.45) is 0 Å². The fourth-order valence-electron chi connectivity index (χ4n) is 2.09. The number of carbonyl (C=O) groups excluding carboxylic acids is 1. The highest BCUT2D eigenvalue weighted by Gasteiger charge is 2.46. The molecule has 1 amide bonds. The van der Waals surface area contributed by atoms with E-state index < -0.39 is 0 Å². The summed E-state index contributed by atoms with van der Waals surface area (Å²) in [6.07, 6.45) is 1.75. The summed E-state index contributed by atoms with van der Waals surface area (Å²) in [5.74, 6) is 0.886. The summed E-state index contributed by atoms with van der Waals surface area (Å²) in [5.41, 5.74) is 1.19. The molecule has 1 aromatic rings. The molecule has 0 spiro atoms. The maximum absolute atomic E-state index is 11.1. The molecule has 1 fully saturated rings. The predicted octanol–water partition coefficient (Wildman–Crippen LogP) is 2.08. The largest absolute Gasteiger partial charge is 0.496 e. The van der Waals surface area contributed by atoms with Crippen molar-refractivity contribution in [1.29, 1.82) is 0 Å². The Morgan fingerprint density at radius 2 is 2.06 bits per heavy atom. The minimum absolute atomic E-state index is 0.0286. The number of carbonyl (C=O) groups is 1. The van der Waals surface area contributed by atoms with Gasteiger partial charge in [0.05, 0.1) is 14.2 Å². The minimum Gasteiger partial charge on any atom is -0.496 e. The molecule has 0 bridgehead atoms. The topological polar surface area (TPSA) is 47.6 Å². The van der Waals surface area contributed by atoms with Crippen molar-refractivity contribution in [2.75, 3.05) is 20.8 Å². The van der Waals surface area contributed by atoms with Crippen molar-refractivity contribution >= 4 is 6.09 Å². The van der Waals surface area contributed by atoms with Crippen molar-refractivity contribution < 1.29 is 14.3 Å². The Morgan fingerprint density at radius 3 is 2.65 bits per heavy atom. The normalized spacial score (nSPS) is 16.1. The molecule has 17 heavy (non-hydrogen) atoms. The van der Waals surface area contributed by atoms with Crippen molar-refractivity contribution in [3.05, 3.63) is 29.8 Å². The van der Waals surface area contributed by atoms with E-state index in [2.05, 4.69) is 16.1 Å². The summed E-state index contributed by atoms with van der Waals surface area (Å²) in [5, 5.41) is 2.77. The van der Waals surface area contributed by atoms with Gasteiger partial charge >= 0.3 is 6.09 Å². The van der Waals surface area contributed by atoms with Crippen LogP contribution in [0.3, 0.4) is 0 Å². The van der Waals surface area contributed by atoms with E-state index in [0.717, 1.165) is 18.6 Å². The summed E-state index contributed by atoms with van der Waals surface area (Å²) in [7, 11) is 3.04. The molecule has 0 radical (unpaired) electrons. The van der Waals surface area contributed by atoms with E-state index in [1.54, 1.807) is 7.11 Å². The number of rotatable bonds is 4. The Kier molecular flexibility index (Phi) is 3.22. The number of nitrogens with one attached hydrogen (secondary N) is 1. The molecule has 4 heteroatoms. The molecule has 1 aliphatic rings. The van der Waals surface area contributed by atoms with E-state index in [1.807, 2.05) is 18.2 Å². The van der Waals surface area contributed by atoms with E-state index in [4.69, 9.17) is 4.74 Å². The first-order chi connectivity index (χ1) is 8.22. The molecule has 92 valence electrons. The van der Waals surface area contributed by atoms with Gasteiger partial charge < -0.3 is 14.8 Å². The molecule has 0 unspecified atom stereocenters. The monoisotopic (exact) mass is 235 g/mol. The van der Waals surface area contributed by atoms with Gasteiger partial charge in [-0.05, 0) is 18.9 Å². The number of ether oxygens (including phenoxy) is 2. The second-order valence-electron chi connectivity index (χ2n) is 4.33. The lowest BCUT2D eigenvalue weighted by Crippen LogP contribution is -2.32. The summed E-state index contributed by atoms with van der Waals surface area (Å²) >= 11 is 0. The van der Waals surface area contributed by atoms with Gasteiger partial charge in [0.1, 0.15) is 5.75 Å². The van der Waals surface area contributed by atoms with Crippen LogP contribution in [0.25, 0.3) is 0 Å². The SMILES string of the molecule is COC(=O)NCC1(c2ccccc2OC)CC1. The van der Waals surface area contributed by atoms with E-state index in [1.165, 1.54) is 12.7 Å². The van der Waals surface area contributed by atoms with Crippen molar-refractivity contribution in [3.8, 4) is 5.75 Å². The molecule has 0 saturated heterocycles. The smallest absolute Gasteiger partial charge is 0.406 e. The van der Waals surface area contributed by atoms with E-state index in [-0.39, 0.29) is 11.5 Å². The van der Waals surface area contributed by atoms with Crippen LogP contribution < -0.4 is 10.1 Å². The summed E-state index contributed by atoms with van der Waals surface area (Å²) in [6.45, 7) is 0.597. The number of benzene rings is 1. The summed E-state index contributed by atoms with van der Waals surface area (Å²) < 4.78 is 9.95. The number of amides is 1. The molecule has 1 saturated carbocycles. The van der Waals surface area contributed by atoms with Crippen LogP contribution in [0.2, 0.25) is 0 Å². The van der Waals surface area contributed by atoms with Gasteiger partial charge in [0, 0.05) is 17.5 Å². The molecule has 2 rings (SSSR count). The van der Waals surface area contributed by atoms with Crippen LogP contribution in [0.1, 0.15) is 18.4 Å².